The molecule has 1 amide bonds. The van der Waals surface area contributed by atoms with Gasteiger partial charge in [0.25, 0.3) is 5.91 Å². The fraction of sp³-hybridized carbons (Fsp3) is 0.273. The number of nitrogens with zero attached hydrogens (tertiary/aromatic N) is 2. The molecule has 0 saturated heterocycles. The number of carbonyl (C=O) groups is 1. The van der Waals surface area contributed by atoms with Gasteiger partial charge in [-0.3, -0.25) is 4.79 Å². The third-order valence-corrected chi connectivity index (χ3v) is 6.84. The first-order valence-electron chi connectivity index (χ1n) is 10.1. The molecule has 13 heteroatoms. The molecule has 2 aromatic heterocycles. The van der Waals surface area contributed by atoms with E-state index in [1.54, 1.807) is 10.8 Å². The first-order chi connectivity index (χ1) is 16.2. The Morgan fingerprint density at radius 1 is 1.29 bits per heavy atom. The summed E-state index contributed by atoms with van der Waals surface area (Å²) >= 11 is 12.7. The number of carbonyl (C=O) groups excluding carboxylic acids is 1. The normalized spacial score (nSPS) is 21.2. The zero-order valence-electron chi connectivity index (χ0n) is 17.9. The molecule has 4 rings (SSSR count). The molecule has 0 fully saturated rings. The van der Waals surface area contributed by atoms with E-state index in [0.717, 1.165) is 24.5 Å². The third-order valence-electron chi connectivity index (χ3n) is 5.62. The lowest BCUT2D eigenvalue weighted by atomic mass is 9.90. The second-order valence-electron chi connectivity index (χ2n) is 8.15. The topological polar surface area (TPSA) is 81.1 Å². The van der Waals surface area contributed by atoms with Gasteiger partial charge < -0.3 is 4.57 Å². The van der Waals surface area contributed by atoms with E-state index in [-0.39, 0.29) is 28.8 Å². The van der Waals surface area contributed by atoms with Gasteiger partial charge in [-0.25, -0.2) is 22.5 Å². The summed E-state index contributed by atoms with van der Waals surface area (Å²) in [5.74, 6) is -2.33. The molecule has 2 unspecified atom stereocenters. The molecule has 2 aliphatic carbocycles. The van der Waals surface area contributed by atoms with Gasteiger partial charge in [0.1, 0.15) is 11.5 Å². The first kappa shape index (κ1) is 25.5. The van der Waals surface area contributed by atoms with Crippen molar-refractivity contribution in [2.24, 2.45) is 0 Å². The Bertz CT molecular complexity index is 1460. The van der Waals surface area contributed by atoms with Crippen LogP contribution in [0.2, 0.25) is 5.02 Å². The molecule has 2 atom stereocenters. The molecule has 0 radical (unpaired) electrons. The average Bonchev–Trinajstić information content (AvgIpc) is 3.09. The van der Waals surface area contributed by atoms with E-state index >= 15 is 0 Å². The molecule has 1 N–H and O–H groups in total. The molecule has 2 aromatic rings. The van der Waals surface area contributed by atoms with Crippen LogP contribution in [0.4, 0.5) is 17.6 Å². The van der Waals surface area contributed by atoms with Gasteiger partial charge in [-0.1, -0.05) is 41.4 Å². The van der Waals surface area contributed by atoms with Crippen molar-refractivity contribution in [2.75, 3.05) is 6.26 Å². The standard InChI is InChI=1S/C22H17Cl2F4N3O3S/c1-35(33,34)30-21(32)15-7-16(23)19(8-18(15)25)31-10-17(24)14-6-12(9-29-20(14)31)11-2-4-13(5-3-11)22(26,27)28/h2,4-7,9-11,19H,3,8H2,1H3,(H,30,32). The van der Waals surface area contributed by atoms with E-state index in [0.29, 0.717) is 16.6 Å². The summed E-state index contributed by atoms with van der Waals surface area (Å²) in [6.07, 6.45) is 3.83. The van der Waals surface area contributed by atoms with Gasteiger partial charge in [0.2, 0.25) is 10.0 Å². The van der Waals surface area contributed by atoms with Crippen LogP contribution in [0.1, 0.15) is 30.4 Å². The molecular weight excluding hydrogens is 533 g/mol. The van der Waals surface area contributed by atoms with Gasteiger partial charge in [-0.05, 0) is 24.1 Å². The molecule has 2 aliphatic rings. The van der Waals surface area contributed by atoms with E-state index in [2.05, 4.69) is 4.98 Å². The molecule has 0 aliphatic heterocycles. The van der Waals surface area contributed by atoms with Crippen LogP contribution in [0.3, 0.4) is 0 Å². The van der Waals surface area contributed by atoms with E-state index < -0.39 is 45.1 Å². The highest BCUT2D eigenvalue weighted by molar-refractivity contribution is 7.89. The highest BCUT2D eigenvalue weighted by Gasteiger charge is 2.33. The summed E-state index contributed by atoms with van der Waals surface area (Å²) in [4.78, 5) is 16.5. The molecule has 6 nitrogen and oxygen atoms in total. The van der Waals surface area contributed by atoms with Crippen molar-refractivity contribution < 1.29 is 30.8 Å². The van der Waals surface area contributed by atoms with Crippen molar-refractivity contribution in [3.8, 4) is 0 Å². The number of allylic oxidation sites excluding steroid dienone is 6. The number of sulfonamides is 1. The van der Waals surface area contributed by atoms with Gasteiger partial charge >= 0.3 is 6.18 Å². The summed E-state index contributed by atoms with van der Waals surface area (Å²) in [5, 5.41) is 0.831. The van der Waals surface area contributed by atoms with Crippen LogP contribution in [0.5, 0.6) is 0 Å². The Hall–Kier alpha value is -2.63. The molecule has 0 spiro atoms. The predicted molar refractivity (Wildman–Crippen MR) is 124 cm³/mol. The van der Waals surface area contributed by atoms with Crippen molar-refractivity contribution >= 4 is 50.2 Å². The maximum absolute atomic E-state index is 14.8. The highest BCUT2D eigenvalue weighted by atomic mass is 35.5. The molecule has 0 saturated carbocycles. The Balaban J connectivity index is 1.62. The second kappa shape index (κ2) is 9.11. The van der Waals surface area contributed by atoms with E-state index in [4.69, 9.17) is 23.2 Å². The summed E-state index contributed by atoms with van der Waals surface area (Å²) in [7, 11) is -3.90. The maximum atomic E-state index is 14.8. The van der Waals surface area contributed by atoms with Crippen molar-refractivity contribution in [1.29, 1.82) is 0 Å². The SMILES string of the molecule is CS(=O)(=O)NC(=O)C1=C(F)CC(n2cc(Cl)c3cc(C4C=CC(C(F)(F)F)=CC4)cnc32)C(Cl)=C1. The number of hydrogen-bond donors (Lipinski definition) is 1. The lowest BCUT2D eigenvalue weighted by molar-refractivity contribution is -0.115. The number of aromatic nitrogens is 2. The van der Waals surface area contributed by atoms with E-state index in [1.807, 2.05) is 0 Å². The number of rotatable bonds is 4. The zero-order valence-corrected chi connectivity index (χ0v) is 20.2. The summed E-state index contributed by atoms with van der Waals surface area (Å²) in [6, 6.07) is 0.909. The Labute approximate surface area is 207 Å². The number of pyridine rings is 1. The number of halogens is 6. The molecule has 2 heterocycles. The average molecular weight is 550 g/mol. The Kier molecular flexibility index (Phi) is 6.62. The maximum Gasteiger partial charge on any atom is 0.416 e. The number of nitrogens with one attached hydrogen (secondary N) is 1. The highest BCUT2D eigenvalue weighted by Crippen LogP contribution is 2.41. The van der Waals surface area contributed by atoms with Crippen LogP contribution < -0.4 is 4.72 Å². The molecule has 0 bridgehead atoms. The molecular formula is C22H17Cl2F4N3O3S. The third kappa shape index (κ3) is 5.31. The number of fused-ring (bicyclic) bond motifs is 1. The van der Waals surface area contributed by atoms with Crippen molar-refractivity contribution in [2.45, 2.75) is 31.0 Å². The van der Waals surface area contributed by atoms with Crippen LogP contribution in [0, 0.1) is 0 Å². The van der Waals surface area contributed by atoms with Crippen LogP contribution >= 0.6 is 23.2 Å². The number of amides is 1. The smallest absolute Gasteiger partial charge is 0.322 e. The first-order valence-corrected chi connectivity index (χ1v) is 12.8. The van der Waals surface area contributed by atoms with E-state index in [9.17, 15) is 30.8 Å². The quantitative estimate of drug-likeness (QED) is 0.504. The monoisotopic (exact) mass is 549 g/mol. The largest absolute Gasteiger partial charge is 0.416 e. The second-order valence-corrected chi connectivity index (χ2v) is 10.7. The zero-order chi connectivity index (χ0) is 25.7. The van der Waals surface area contributed by atoms with Gasteiger partial charge in [0.15, 0.2) is 0 Å². The molecule has 186 valence electrons. The fourth-order valence-electron chi connectivity index (χ4n) is 3.96. The van der Waals surface area contributed by atoms with Crippen LogP contribution in [-0.2, 0) is 14.8 Å². The Morgan fingerprint density at radius 3 is 2.60 bits per heavy atom. The number of hydrogen-bond acceptors (Lipinski definition) is 4. The minimum Gasteiger partial charge on any atom is -0.322 e. The van der Waals surface area contributed by atoms with Crippen molar-refractivity contribution in [3.63, 3.8) is 0 Å². The van der Waals surface area contributed by atoms with Crippen molar-refractivity contribution in [3.05, 3.63) is 75.4 Å². The van der Waals surface area contributed by atoms with Gasteiger partial charge in [-0.2, -0.15) is 13.2 Å². The van der Waals surface area contributed by atoms with Gasteiger partial charge in [0.05, 0.1) is 28.5 Å². The predicted octanol–water partition coefficient (Wildman–Crippen LogP) is 5.59. The van der Waals surface area contributed by atoms with Crippen LogP contribution in [-0.4, -0.2) is 36.3 Å². The summed E-state index contributed by atoms with van der Waals surface area (Å²) < 4.78 is 79.2. The van der Waals surface area contributed by atoms with Gasteiger partial charge in [-0.15, -0.1) is 0 Å². The van der Waals surface area contributed by atoms with Crippen molar-refractivity contribution in [1.82, 2.24) is 14.3 Å². The molecule has 0 aromatic carbocycles. The van der Waals surface area contributed by atoms with Crippen LogP contribution in [0.25, 0.3) is 11.0 Å². The lowest BCUT2D eigenvalue weighted by Crippen LogP contribution is -2.31. The fourth-order valence-corrected chi connectivity index (χ4v) is 4.94. The van der Waals surface area contributed by atoms with Crippen LogP contribution in [0.15, 0.2) is 64.8 Å². The number of alkyl halides is 3. The summed E-state index contributed by atoms with van der Waals surface area (Å²) in [6.45, 7) is 0. The minimum atomic E-state index is -4.41. The Morgan fingerprint density at radius 2 is 2.00 bits per heavy atom. The summed E-state index contributed by atoms with van der Waals surface area (Å²) in [5.41, 5.74) is -0.185. The minimum absolute atomic E-state index is 0.0597. The van der Waals surface area contributed by atoms with E-state index in [1.165, 1.54) is 23.0 Å². The lowest BCUT2D eigenvalue weighted by Gasteiger charge is -2.23. The van der Waals surface area contributed by atoms with Gasteiger partial charge in [0, 0.05) is 35.2 Å². The molecule has 35 heavy (non-hydrogen) atoms.